The van der Waals surface area contributed by atoms with Crippen molar-refractivity contribution in [3.05, 3.63) is 78.1 Å². The summed E-state index contributed by atoms with van der Waals surface area (Å²) >= 11 is 0. The van der Waals surface area contributed by atoms with Gasteiger partial charge in [0.25, 0.3) is 0 Å². The number of ether oxygens (including phenoxy) is 2. The minimum absolute atomic E-state index is 0.229. The van der Waals surface area contributed by atoms with Crippen molar-refractivity contribution in [1.82, 2.24) is 20.9 Å². The Labute approximate surface area is 287 Å². The number of aromatic nitrogens is 1. The number of rotatable bonds is 15. The van der Waals surface area contributed by atoms with Gasteiger partial charge in [0.1, 0.15) is 12.1 Å². The molecule has 0 fully saturated rings. The van der Waals surface area contributed by atoms with E-state index in [1.807, 2.05) is 49.5 Å². The molecule has 0 aliphatic heterocycles. The van der Waals surface area contributed by atoms with Crippen LogP contribution in [0.1, 0.15) is 51.7 Å². The Balaban J connectivity index is 1.81. The summed E-state index contributed by atoms with van der Waals surface area (Å²) in [7, 11) is 2.43. The second kappa shape index (κ2) is 18.5. The summed E-state index contributed by atoms with van der Waals surface area (Å²) in [5.41, 5.74) is 4.43. The first-order chi connectivity index (χ1) is 23.3. The predicted octanol–water partition coefficient (Wildman–Crippen LogP) is 4.64. The van der Waals surface area contributed by atoms with Gasteiger partial charge in [-0.15, -0.1) is 0 Å². The van der Waals surface area contributed by atoms with E-state index in [1.54, 1.807) is 52.1 Å². The number of carbonyl (C=O) groups excluding carboxylic acids is 4. The molecule has 1 aromatic heterocycles. The number of nitrogens with zero attached hydrogens (tertiary/aromatic N) is 1. The first-order valence-electron chi connectivity index (χ1n) is 16.2. The van der Waals surface area contributed by atoms with Crippen LogP contribution in [0.3, 0.4) is 0 Å². The number of pyridine rings is 1. The van der Waals surface area contributed by atoms with Crippen LogP contribution in [0.5, 0.6) is 0 Å². The predicted molar refractivity (Wildman–Crippen MR) is 188 cm³/mol. The fourth-order valence-corrected chi connectivity index (χ4v) is 5.10. The molecule has 3 rings (SSSR count). The highest BCUT2D eigenvalue weighted by Crippen LogP contribution is 2.31. The molecular weight excluding hydrogens is 628 g/mol. The van der Waals surface area contributed by atoms with E-state index in [9.17, 15) is 24.3 Å². The van der Waals surface area contributed by atoms with Gasteiger partial charge in [0, 0.05) is 42.8 Å². The molecule has 0 aliphatic carbocycles. The molecule has 0 aliphatic rings. The number of nitrogens with one attached hydrogen (secondary N) is 5. The second-order valence-electron chi connectivity index (χ2n) is 12.4. The lowest BCUT2D eigenvalue weighted by Gasteiger charge is -2.26. The SMILES string of the molecule is COC(=O)N[C@H](C(=O)Nc1ccc(NC(=O)[C@@H](NC(=O)OC)C(C)C)c(C(C)C(O)CNCc2ccc(-c3cccnc3)cc2)c1)C(C)C. The molecule has 13 heteroatoms. The Bertz CT molecular complexity index is 1550. The van der Waals surface area contributed by atoms with Crippen molar-refractivity contribution in [1.29, 1.82) is 0 Å². The summed E-state index contributed by atoms with van der Waals surface area (Å²) in [6.07, 6.45) is 1.17. The molecule has 0 radical (unpaired) electrons. The topological polar surface area (TPSA) is 180 Å². The number of benzene rings is 2. The number of aliphatic hydroxyl groups is 1. The summed E-state index contributed by atoms with van der Waals surface area (Å²) in [4.78, 5) is 54.5. The summed E-state index contributed by atoms with van der Waals surface area (Å²) in [5, 5.41) is 25.4. The number of alkyl carbamates (subject to hydrolysis) is 2. The van der Waals surface area contributed by atoms with Gasteiger partial charge >= 0.3 is 12.2 Å². The molecule has 2 aromatic carbocycles. The third-order valence-corrected chi connectivity index (χ3v) is 8.09. The van der Waals surface area contributed by atoms with Gasteiger partial charge < -0.3 is 41.2 Å². The molecule has 1 heterocycles. The molecule has 0 saturated heterocycles. The van der Waals surface area contributed by atoms with Crippen LogP contribution in [0.4, 0.5) is 21.0 Å². The van der Waals surface area contributed by atoms with Gasteiger partial charge in [-0.05, 0) is 58.4 Å². The monoisotopic (exact) mass is 676 g/mol. The van der Waals surface area contributed by atoms with Gasteiger partial charge in [-0.2, -0.15) is 0 Å². The van der Waals surface area contributed by atoms with E-state index < -0.39 is 48.1 Å². The Morgan fingerprint density at radius 1 is 0.776 bits per heavy atom. The minimum atomic E-state index is -0.901. The number of aliphatic hydroxyl groups excluding tert-OH is 1. The van der Waals surface area contributed by atoms with Crippen molar-refractivity contribution in [3.63, 3.8) is 0 Å². The second-order valence-corrected chi connectivity index (χ2v) is 12.4. The van der Waals surface area contributed by atoms with Gasteiger partial charge in [0.05, 0.1) is 20.3 Å². The van der Waals surface area contributed by atoms with Crippen molar-refractivity contribution < 1.29 is 33.8 Å². The Hall–Kier alpha value is -5.01. The number of amides is 4. The third-order valence-electron chi connectivity index (χ3n) is 8.09. The van der Waals surface area contributed by atoms with E-state index in [0.717, 1.165) is 16.7 Å². The van der Waals surface area contributed by atoms with Crippen molar-refractivity contribution in [2.75, 3.05) is 31.4 Å². The van der Waals surface area contributed by atoms with Crippen LogP contribution in [-0.2, 0) is 25.6 Å². The molecule has 2 unspecified atom stereocenters. The van der Waals surface area contributed by atoms with Gasteiger partial charge in [-0.3, -0.25) is 14.6 Å². The van der Waals surface area contributed by atoms with Crippen LogP contribution >= 0.6 is 0 Å². The third kappa shape index (κ3) is 11.3. The first-order valence-corrected chi connectivity index (χ1v) is 16.2. The first kappa shape index (κ1) is 38.4. The summed E-state index contributed by atoms with van der Waals surface area (Å²) in [6, 6.07) is 15.1. The van der Waals surface area contributed by atoms with Crippen molar-refractivity contribution >= 4 is 35.4 Å². The number of carbonyl (C=O) groups is 4. The Kier molecular flexibility index (Phi) is 14.5. The average Bonchev–Trinajstić information content (AvgIpc) is 3.09. The van der Waals surface area contributed by atoms with Gasteiger partial charge in [-0.1, -0.05) is 65.0 Å². The Morgan fingerprint density at radius 2 is 1.37 bits per heavy atom. The van der Waals surface area contributed by atoms with Crippen LogP contribution in [-0.4, -0.2) is 73.0 Å². The zero-order valence-corrected chi connectivity index (χ0v) is 29.1. The molecular formula is C36H48N6O7. The van der Waals surface area contributed by atoms with E-state index in [2.05, 4.69) is 36.3 Å². The Morgan fingerprint density at radius 3 is 1.90 bits per heavy atom. The zero-order chi connectivity index (χ0) is 36.1. The molecule has 3 aromatic rings. The lowest BCUT2D eigenvalue weighted by Crippen LogP contribution is -2.47. The highest BCUT2D eigenvalue weighted by Gasteiger charge is 2.28. The van der Waals surface area contributed by atoms with E-state index in [4.69, 9.17) is 4.74 Å². The number of hydrogen-bond acceptors (Lipinski definition) is 9. The highest BCUT2D eigenvalue weighted by molar-refractivity contribution is 5.99. The summed E-state index contributed by atoms with van der Waals surface area (Å²) < 4.78 is 9.36. The van der Waals surface area contributed by atoms with Crippen molar-refractivity contribution in [2.24, 2.45) is 11.8 Å². The quantitative estimate of drug-likeness (QED) is 0.134. The average molecular weight is 677 g/mol. The van der Waals surface area contributed by atoms with Gasteiger partial charge in [0.2, 0.25) is 11.8 Å². The van der Waals surface area contributed by atoms with Crippen molar-refractivity contribution in [3.8, 4) is 11.1 Å². The fourth-order valence-electron chi connectivity index (χ4n) is 5.10. The van der Waals surface area contributed by atoms with Gasteiger partial charge in [-0.25, -0.2) is 9.59 Å². The fraction of sp³-hybridized carbons (Fsp3) is 0.417. The van der Waals surface area contributed by atoms with E-state index in [1.165, 1.54) is 14.2 Å². The molecule has 0 bridgehead atoms. The maximum atomic E-state index is 13.4. The minimum Gasteiger partial charge on any atom is -0.453 e. The highest BCUT2D eigenvalue weighted by atomic mass is 16.5. The van der Waals surface area contributed by atoms with Crippen molar-refractivity contribution in [2.45, 2.75) is 65.3 Å². The van der Waals surface area contributed by atoms with E-state index in [-0.39, 0.29) is 18.4 Å². The molecule has 6 N–H and O–H groups in total. The molecule has 49 heavy (non-hydrogen) atoms. The summed E-state index contributed by atoms with van der Waals surface area (Å²) in [6.45, 7) is 9.71. The molecule has 4 amide bonds. The number of anilines is 2. The standard InChI is InChI=1S/C36H48N6O7/c1-21(2)31(41-35(46)48-6)33(44)39-27-14-15-29(40-34(45)32(22(3)4)42-36(47)49-7)28(17-27)23(5)30(43)20-38-18-24-10-12-25(13-11-24)26-9-8-16-37-19-26/h8-17,19,21-23,30-32,38,43H,18,20H2,1-7H3,(H,39,44)(H,40,45)(H,41,46)(H,42,47)/t23?,30?,31-,32-/m0/s1. The maximum Gasteiger partial charge on any atom is 0.407 e. The number of hydrogen-bond donors (Lipinski definition) is 6. The lowest BCUT2D eigenvalue weighted by molar-refractivity contribution is -0.119. The molecule has 13 nitrogen and oxygen atoms in total. The molecule has 4 atom stereocenters. The van der Waals surface area contributed by atoms with Crippen LogP contribution < -0.4 is 26.6 Å². The van der Waals surface area contributed by atoms with Gasteiger partial charge in [0.15, 0.2) is 0 Å². The molecule has 0 spiro atoms. The summed E-state index contributed by atoms with van der Waals surface area (Å²) in [5.74, 6) is -1.97. The van der Waals surface area contributed by atoms with Crippen LogP contribution in [0.25, 0.3) is 11.1 Å². The van der Waals surface area contributed by atoms with Crippen LogP contribution in [0.15, 0.2) is 67.0 Å². The van der Waals surface area contributed by atoms with E-state index >= 15 is 0 Å². The lowest BCUT2D eigenvalue weighted by atomic mass is 9.92. The molecule has 0 saturated carbocycles. The van der Waals surface area contributed by atoms with E-state index in [0.29, 0.717) is 23.5 Å². The maximum absolute atomic E-state index is 13.4. The van der Waals surface area contributed by atoms with Crippen LogP contribution in [0.2, 0.25) is 0 Å². The largest absolute Gasteiger partial charge is 0.453 e. The normalized spacial score (nSPS) is 13.5. The van der Waals surface area contributed by atoms with Crippen LogP contribution in [0, 0.1) is 11.8 Å². The zero-order valence-electron chi connectivity index (χ0n) is 29.1. The number of methoxy groups -OCH3 is 2. The molecule has 264 valence electrons. The smallest absolute Gasteiger partial charge is 0.407 e.